The SMILES string of the molecule is CCNC1CCCC1CCOC(C(F)(F)F)C(F)(F)F. The molecule has 2 unspecified atom stereocenters. The Labute approximate surface area is 113 Å². The van der Waals surface area contributed by atoms with Crippen LogP contribution in [-0.2, 0) is 4.74 Å². The van der Waals surface area contributed by atoms with Crippen molar-refractivity contribution in [1.29, 1.82) is 0 Å². The van der Waals surface area contributed by atoms with E-state index >= 15 is 0 Å². The molecule has 0 saturated heterocycles. The molecule has 0 radical (unpaired) electrons. The van der Waals surface area contributed by atoms with E-state index in [0.717, 1.165) is 25.8 Å². The smallest absolute Gasteiger partial charge is 0.361 e. The van der Waals surface area contributed by atoms with E-state index in [-0.39, 0.29) is 18.4 Å². The molecule has 20 heavy (non-hydrogen) atoms. The lowest BCUT2D eigenvalue weighted by atomic mass is 10.00. The third-order valence-corrected chi connectivity index (χ3v) is 3.49. The Hall–Kier alpha value is -0.500. The molecule has 0 aromatic heterocycles. The highest BCUT2D eigenvalue weighted by Gasteiger charge is 2.57. The minimum absolute atomic E-state index is 0.0806. The minimum Gasteiger partial charge on any atom is -0.361 e. The van der Waals surface area contributed by atoms with Gasteiger partial charge < -0.3 is 10.1 Å². The lowest BCUT2D eigenvalue weighted by molar-refractivity contribution is -0.322. The molecule has 8 heteroatoms. The molecule has 0 aliphatic heterocycles. The van der Waals surface area contributed by atoms with Crippen LogP contribution in [0.3, 0.4) is 0 Å². The monoisotopic (exact) mass is 307 g/mol. The number of hydrogen-bond donors (Lipinski definition) is 1. The van der Waals surface area contributed by atoms with Gasteiger partial charge in [-0.1, -0.05) is 13.3 Å². The Balaban J connectivity index is 2.45. The molecule has 2 atom stereocenters. The molecule has 0 spiro atoms. The summed E-state index contributed by atoms with van der Waals surface area (Å²) in [6.07, 6.45) is -11.7. The van der Waals surface area contributed by atoms with E-state index in [1.807, 2.05) is 6.92 Å². The molecule has 0 aromatic rings. The standard InChI is InChI=1S/C12H19F6NO/c1-2-19-9-5-3-4-8(9)6-7-20-10(11(13,14)15)12(16,17)18/h8-10,19H,2-7H2,1H3. The fourth-order valence-corrected chi connectivity index (χ4v) is 2.63. The molecule has 0 amide bonds. The Morgan fingerprint density at radius 2 is 1.70 bits per heavy atom. The number of halogens is 6. The molecule has 0 aromatic carbocycles. The predicted molar refractivity (Wildman–Crippen MR) is 61.3 cm³/mol. The second-order valence-electron chi connectivity index (χ2n) is 4.98. The zero-order valence-corrected chi connectivity index (χ0v) is 11.2. The molecule has 1 aliphatic rings. The first-order valence-corrected chi connectivity index (χ1v) is 6.64. The third kappa shape index (κ3) is 5.12. The Morgan fingerprint density at radius 3 is 2.20 bits per heavy atom. The van der Waals surface area contributed by atoms with Gasteiger partial charge in [-0.3, -0.25) is 0 Å². The van der Waals surface area contributed by atoms with Gasteiger partial charge in [-0.15, -0.1) is 0 Å². The zero-order valence-electron chi connectivity index (χ0n) is 11.2. The molecule has 2 nitrogen and oxygen atoms in total. The second kappa shape index (κ2) is 6.98. The van der Waals surface area contributed by atoms with Crippen LogP contribution in [0, 0.1) is 5.92 Å². The molecule has 1 saturated carbocycles. The van der Waals surface area contributed by atoms with Crippen molar-refractivity contribution in [3.63, 3.8) is 0 Å². The lowest BCUT2D eigenvalue weighted by Gasteiger charge is -2.25. The van der Waals surface area contributed by atoms with Crippen molar-refractivity contribution in [3.8, 4) is 0 Å². The summed E-state index contributed by atoms with van der Waals surface area (Å²) in [6, 6.07) is 0.166. The second-order valence-corrected chi connectivity index (χ2v) is 4.98. The van der Waals surface area contributed by atoms with Crippen molar-refractivity contribution >= 4 is 0 Å². The van der Waals surface area contributed by atoms with Crippen LogP contribution in [0.25, 0.3) is 0 Å². The van der Waals surface area contributed by atoms with Crippen LogP contribution in [-0.4, -0.2) is 37.7 Å². The predicted octanol–water partition coefficient (Wildman–Crippen LogP) is 3.66. The first-order valence-electron chi connectivity index (χ1n) is 6.64. The van der Waals surface area contributed by atoms with Gasteiger partial charge in [0, 0.05) is 12.6 Å². The molecule has 1 rings (SSSR count). The van der Waals surface area contributed by atoms with E-state index in [0.29, 0.717) is 0 Å². The van der Waals surface area contributed by atoms with E-state index in [9.17, 15) is 26.3 Å². The molecular formula is C12H19F6NO. The normalized spacial score (nSPS) is 24.6. The molecule has 120 valence electrons. The topological polar surface area (TPSA) is 21.3 Å². The summed E-state index contributed by atoms with van der Waals surface area (Å²) in [6.45, 7) is 2.11. The molecular weight excluding hydrogens is 288 g/mol. The van der Waals surface area contributed by atoms with Gasteiger partial charge in [0.05, 0.1) is 0 Å². The van der Waals surface area contributed by atoms with Crippen LogP contribution in [0.2, 0.25) is 0 Å². The lowest BCUT2D eigenvalue weighted by Crippen LogP contribution is -2.44. The van der Waals surface area contributed by atoms with Gasteiger partial charge in [-0.2, -0.15) is 26.3 Å². The summed E-state index contributed by atoms with van der Waals surface area (Å²) in [5.41, 5.74) is 0. The van der Waals surface area contributed by atoms with E-state index in [2.05, 4.69) is 10.1 Å². The van der Waals surface area contributed by atoms with Crippen molar-refractivity contribution in [1.82, 2.24) is 5.32 Å². The molecule has 0 bridgehead atoms. The van der Waals surface area contributed by atoms with Crippen molar-refractivity contribution in [2.75, 3.05) is 13.2 Å². The Bertz CT molecular complexity index is 277. The van der Waals surface area contributed by atoms with Crippen LogP contribution >= 0.6 is 0 Å². The van der Waals surface area contributed by atoms with Crippen molar-refractivity contribution in [2.45, 2.75) is 57.1 Å². The quantitative estimate of drug-likeness (QED) is 0.756. The van der Waals surface area contributed by atoms with Crippen LogP contribution < -0.4 is 5.32 Å². The maximum Gasteiger partial charge on any atom is 0.423 e. The van der Waals surface area contributed by atoms with Crippen molar-refractivity contribution in [3.05, 3.63) is 0 Å². The average Bonchev–Trinajstić information content (AvgIpc) is 2.69. The van der Waals surface area contributed by atoms with Crippen molar-refractivity contribution < 1.29 is 31.1 Å². The minimum atomic E-state index is -5.42. The van der Waals surface area contributed by atoms with Gasteiger partial charge in [0.25, 0.3) is 0 Å². The summed E-state index contributed by atoms with van der Waals surface area (Å²) >= 11 is 0. The molecule has 1 aliphatic carbocycles. The largest absolute Gasteiger partial charge is 0.423 e. The molecule has 1 fully saturated rings. The number of alkyl halides is 6. The zero-order chi connectivity index (χ0) is 15.4. The average molecular weight is 307 g/mol. The fourth-order valence-electron chi connectivity index (χ4n) is 2.63. The Kier molecular flexibility index (Phi) is 6.12. The van der Waals surface area contributed by atoms with Crippen LogP contribution in [0.4, 0.5) is 26.3 Å². The first kappa shape index (κ1) is 17.6. The van der Waals surface area contributed by atoms with Crippen LogP contribution in [0.1, 0.15) is 32.6 Å². The van der Waals surface area contributed by atoms with Gasteiger partial charge >= 0.3 is 12.4 Å². The summed E-state index contributed by atoms with van der Waals surface area (Å²) < 4.78 is 77.6. The number of nitrogens with one attached hydrogen (secondary N) is 1. The fraction of sp³-hybridized carbons (Fsp3) is 1.00. The van der Waals surface area contributed by atoms with Crippen molar-refractivity contribution in [2.24, 2.45) is 5.92 Å². The molecule has 0 heterocycles. The summed E-state index contributed by atoms with van der Waals surface area (Å²) in [5, 5.41) is 3.19. The highest BCUT2D eigenvalue weighted by atomic mass is 19.4. The van der Waals surface area contributed by atoms with E-state index in [4.69, 9.17) is 0 Å². The number of hydrogen-bond acceptors (Lipinski definition) is 2. The number of ether oxygens (including phenoxy) is 1. The summed E-state index contributed by atoms with van der Waals surface area (Å²) in [5.74, 6) is 0.0806. The van der Waals surface area contributed by atoms with Gasteiger partial charge in [0.1, 0.15) is 0 Å². The van der Waals surface area contributed by atoms with E-state index in [1.165, 1.54) is 0 Å². The van der Waals surface area contributed by atoms with Gasteiger partial charge in [0.2, 0.25) is 6.10 Å². The van der Waals surface area contributed by atoms with E-state index in [1.54, 1.807) is 0 Å². The first-order chi connectivity index (χ1) is 9.16. The summed E-state index contributed by atoms with van der Waals surface area (Å²) in [7, 11) is 0. The van der Waals surface area contributed by atoms with Gasteiger partial charge in [-0.05, 0) is 31.7 Å². The molecule has 1 N–H and O–H groups in total. The Morgan fingerprint density at radius 1 is 1.10 bits per heavy atom. The third-order valence-electron chi connectivity index (χ3n) is 3.49. The van der Waals surface area contributed by atoms with Gasteiger partial charge in [0.15, 0.2) is 0 Å². The maximum atomic E-state index is 12.3. The number of rotatable bonds is 6. The highest BCUT2D eigenvalue weighted by molar-refractivity contribution is 4.83. The van der Waals surface area contributed by atoms with Crippen LogP contribution in [0.15, 0.2) is 0 Å². The van der Waals surface area contributed by atoms with E-state index < -0.39 is 25.1 Å². The van der Waals surface area contributed by atoms with Gasteiger partial charge in [-0.25, -0.2) is 0 Å². The highest BCUT2D eigenvalue weighted by Crippen LogP contribution is 2.36. The maximum absolute atomic E-state index is 12.3. The summed E-state index contributed by atoms with van der Waals surface area (Å²) in [4.78, 5) is 0. The van der Waals surface area contributed by atoms with Crippen LogP contribution in [0.5, 0.6) is 0 Å².